The fourth-order valence-corrected chi connectivity index (χ4v) is 1.99. The molecule has 0 fully saturated rings. The van der Waals surface area contributed by atoms with Crippen LogP contribution in [-0.4, -0.2) is 16.9 Å². The molecule has 15 heavy (non-hydrogen) atoms. The highest BCUT2D eigenvalue weighted by Crippen LogP contribution is 2.27. The number of nitro groups is 1. The average molecular weight is 228 g/mol. The van der Waals surface area contributed by atoms with E-state index in [2.05, 4.69) is 5.32 Å². The Morgan fingerprint density at radius 1 is 1.60 bits per heavy atom. The molecule has 1 aromatic rings. The molecule has 1 N–H and O–H groups in total. The SMILES string of the molecule is Cc1sc(C(=O)NC(C)C)cc1[N+](=O)[O-]. The van der Waals surface area contributed by atoms with Gasteiger partial charge in [-0.05, 0) is 20.8 Å². The molecule has 1 rings (SSSR count). The van der Waals surface area contributed by atoms with Crippen LogP contribution in [0, 0.1) is 17.0 Å². The first-order valence-electron chi connectivity index (χ1n) is 4.47. The van der Waals surface area contributed by atoms with Crippen LogP contribution in [0.15, 0.2) is 6.07 Å². The van der Waals surface area contributed by atoms with E-state index in [9.17, 15) is 14.9 Å². The summed E-state index contributed by atoms with van der Waals surface area (Å²) in [5.74, 6) is -0.258. The molecule has 0 saturated carbocycles. The second kappa shape index (κ2) is 4.39. The fraction of sp³-hybridized carbons (Fsp3) is 0.444. The summed E-state index contributed by atoms with van der Waals surface area (Å²) in [6, 6.07) is 1.34. The molecular formula is C9H12N2O3S. The van der Waals surface area contributed by atoms with Crippen molar-refractivity contribution < 1.29 is 9.72 Å². The predicted octanol–water partition coefficient (Wildman–Crippen LogP) is 2.10. The summed E-state index contributed by atoms with van der Waals surface area (Å²) < 4.78 is 0. The third-order valence-corrected chi connectivity index (χ3v) is 2.77. The standard InChI is InChI=1S/C9H12N2O3S/c1-5(2)10-9(12)8-4-7(11(13)14)6(3)15-8/h4-5H,1-3H3,(H,10,12). The van der Waals surface area contributed by atoms with Gasteiger partial charge in [0.25, 0.3) is 11.6 Å². The van der Waals surface area contributed by atoms with Crippen LogP contribution in [0.4, 0.5) is 5.69 Å². The van der Waals surface area contributed by atoms with E-state index >= 15 is 0 Å². The van der Waals surface area contributed by atoms with Crippen molar-refractivity contribution in [2.45, 2.75) is 26.8 Å². The highest BCUT2D eigenvalue weighted by molar-refractivity contribution is 7.14. The van der Waals surface area contributed by atoms with Crippen molar-refractivity contribution in [3.63, 3.8) is 0 Å². The topological polar surface area (TPSA) is 72.2 Å². The van der Waals surface area contributed by atoms with Crippen LogP contribution < -0.4 is 5.32 Å². The quantitative estimate of drug-likeness (QED) is 0.636. The minimum absolute atomic E-state index is 0.00825. The van der Waals surface area contributed by atoms with Crippen molar-refractivity contribution in [3.05, 3.63) is 25.9 Å². The van der Waals surface area contributed by atoms with Crippen LogP contribution in [0.3, 0.4) is 0 Å². The van der Waals surface area contributed by atoms with E-state index in [1.54, 1.807) is 6.92 Å². The molecule has 6 heteroatoms. The number of carbonyl (C=O) groups excluding carboxylic acids is 1. The van der Waals surface area contributed by atoms with Gasteiger partial charge in [0.1, 0.15) is 0 Å². The largest absolute Gasteiger partial charge is 0.349 e. The summed E-state index contributed by atoms with van der Waals surface area (Å²) in [4.78, 5) is 22.5. The molecule has 0 saturated heterocycles. The molecule has 1 aromatic heterocycles. The van der Waals surface area contributed by atoms with Crippen LogP contribution in [0.25, 0.3) is 0 Å². The third kappa shape index (κ3) is 2.76. The van der Waals surface area contributed by atoms with Gasteiger partial charge in [0, 0.05) is 12.1 Å². The first kappa shape index (κ1) is 11.6. The van der Waals surface area contributed by atoms with Gasteiger partial charge in [-0.25, -0.2) is 0 Å². The molecular weight excluding hydrogens is 216 g/mol. The van der Waals surface area contributed by atoms with E-state index in [4.69, 9.17) is 0 Å². The molecule has 0 atom stereocenters. The van der Waals surface area contributed by atoms with Gasteiger partial charge in [-0.3, -0.25) is 14.9 Å². The van der Waals surface area contributed by atoms with Crippen LogP contribution in [0.5, 0.6) is 0 Å². The summed E-state index contributed by atoms with van der Waals surface area (Å²) >= 11 is 1.14. The lowest BCUT2D eigenvalue weighted by atomic mass is 10.3. The normalized spacial score (nSPS) is 10.4. The number of thiophene rings is 1. The number of aryl methyl sites for hydroxylation is 1. The summed E-state index contributed by atoms with van der Waals surface area (Å²) in [6.45, 7) is 5.31. The van der Waals surface area contributed by atoms with Crippen molar-refractivity contribution in [3.8, 4) is 0 Å². The Bertz CT molecular complexity index is 398. The number of carbonyl (C=O) groups is 1. The van der Waals surface area contributed by atoms with Gasteiger partial charge in [-0.1, -0.05) is 0 Å². The van der Waals surface area contributed by atoms with Crippen LogP contribution in [0.1, 0.15) is 28.4 Å². The Kier molecular flexibility index (Phi) is 3.41. The van der Waals surface area contributed by atoms with Crippen LogP contribution >= 0.6 is 11.3 Å². The number of rotatable bonds is 3. The molecule has 0 aromatic carbocycles. The highest BCUT2D eigenvalue weighted by atomic mass is 32.1. The van der Waals surface area contributed by atoms with Gasteiger partial charge in [0.05, 0.1) is 14.7 Å². The molecule has 0 aliphatic rings. The highest BCUT2D eigenvalue weighted by Gasteiger charge is 2.19. The fourth-order valence-electron chi connectivity index (χ4n) is 1.10. The van der Waals surface area contributed by atoms with E-state index in [1.807, 2.05) is 13.8 Å². The average Bonchev–Trinajstić information content (AvgIpc) is 2.46. The van der Waals surface area contributed by atoms with E-state index < -0.39 is 4.92 Å². The molecule has 5 nitrogen and oxygen atoms in total. The molecule has 1 amide bonds. The van der Waals surface area contributed by atoms with Gasteiger partial charge in [0.15, 0.2) is 0 Å². The van der Waals surface area contributed by atoms with Gasteiger partial charge in [0.2, 0.25) is 0 Å². The predicted molar refractivity (Wildman–Crippen MR) is 58.3 cm³/mol. The lowest BCUT2D eigenvalue weighted by molar-refractivity contribution is -0.385. The Morgan fingerprint density at radius 3 is 2.60 bits per heavy atom. The molecule has 82 valence electrons. The summed E-state index contributed by atoms with van der Waals surface area (Å²) in [7, 11) is 0. The zero-order chi connectivity index (χ0) is 11.6. The van der Waals surface area contributed by atoms with Gasteiger partial charge < -0.3 is 5.32 Å². The number of nitrogens with one attached hydrogen (secondary N) is 1. The summed E-state index contributed by atoms with van der Waals surface area (Å²) in [5.41, 5.74) is 0.00825. The molecule has 0 aliphatic carbocycles. The third-order valence-electron chi connectivity index (χ3n) is 1.73. The minimum atomic E-state index is -0.474. The molecule has 0 aliphatic heterocycles. The molecule has 0 bridgehead atoms. The van der Waals surface area contributed by atoms with Crippen molar-refractivity contribution in [1.82, 2.24) is 5.32 Å². The molecule has 0 unspecified atom stereocenters. The van der Waals surface area contributed by atoms with Gasteiger partial charge in [-0.15, -0.1) is 11.3 Å². The Hall–Kier alpha value is -1.43. The lowest BCUT2D eigenvalue weighted by Crippen LogP contribution is -2.29. The van der Waals surface area contributed by atoms with Crippen molar-refractivity contribution >= 4 is 22.9 Å². The van der Waals surface area contributed by atoms with E-state index in [-0.39, 0.29) is 17.6 Å². The summed E-state index contributed by atoms with van der Waals surface area (Å²) in [6.07, 6.45) is 0. The van der Waals surface area contributed by atoms with E-state index in [1.165, 1.54) is 6.07 Å². The summed E-state index contributed by atoms with van der Waals surface area (Å²) in [5, 5.41) is 13.2. The lowest BCUT2D eigenvalue weighted by Gasteiger charge is -2.05. The minimum Gasteiger partial charge on any atom is -0.349 e. The second-order valence-corrected chi connectivity index (χ2v) is 4.69. The Labute approximate surface area is 91.3 Å². The van der Waals surface area contributed by atoms with E-state index in [0.29, 0.717) is 9.75 Å². The van der Waals surface area contributed by atoms with Gasteiger partial charge in [-0.2, -0.15) is 0 Å². The molecule has 1 heterocycles. The maximum absolute atomic E-state index is 11.5. The maximum atomic E-state index is 11.5. The van der Waals surface area contributed by atoms with Crippen molar-refractivity contribution in [1.29, 1.82) is 0 Å². The number of hydrogen-bond donors (Lipinski definition) is 1. The molecule has 0 spiro atoms. The monoisotopic (exact) mass is 228 g/mol. The zero-order valence-electron chi connectivity index (χ0n) is 8.73. The maximum Gasteiger partial charge on any atom is 0.283 e. The number of hydrogen-bond acceptors (Lipinski definition) is 4. The van der Waals surface area contributed by atoms with Crippen molar-refractivity contribution in [2.75, 3.05) is 0 Å². The van der Waals surface area contributed by atoms with Crippen LogP contribution in [-0.2, 0) is 0 Å². The smallest absolute Gasteiger partial charge is 0.283 e. The number of nitrogens with zero attached hydrogens (tertiary/aromatic N) is 1. The Balaban J connectivity index is 2.92. The Morgan fingerprint density at radius 2 is 2.20 bits per heavy atom. The number of amides is 1. The van der Waals surface area contributed by atoms with E-state index in [0.717, 1.165) is 11.3 Å². The zero-order valence-corrected chi connectivity index (χ0v) is 9.55. The van der Waals surface area contributed by atoms with Crippen LogP contribution in [0.2, 0.25) is 0 Å². The first-order chi connectivity index (χ1) is 6.91. The molecule has 0 radical (unpaired) electrons. The van der Waals surface area contributed by atoms with Crippen molar-refractivity contribution in [2.24, 2.45) is 0 Å². The second-order valence-electron chi connectivity index (χ2n) is 3.44. The van der Waals surface area contributed by atoms with Gasteiger partial charge >= 0.3 is 0 Å². The first-order valence-corrected chi connectivity index (χ1v) is 5.29.